The zero-order chi connectivity index (χ0) is 28.8. The Balaban J connectivity index is 0.00000169. The molecule has 0 aromatic heterocycles. The van der Waals surface area contributed by atoms with Gasteiger partial charge in [-0.15, -0.1) is 0 Å². The Hall–Kier alpha value is -0.877. The van der Waals surface area contributed by atoms with Crippen molar-refractivity contribution in [3.63, 3.8) is 0 Å². The number of rotatable bonds is 2. The van der Waals surface area contributed by atoms with Gasteiger partial charge in [0.05, 0.1) is 0 Å². The van der Waals surface area contributed by atoms with Crippen molar-refractivity contribution in [1.82, 2.24) is 0 Å². The van der Waals surface area contributed by atoms with Crippen LogP contribution in [0, 0.1) is 22.7 Å². The third kappa shape index (κ3) is 6.28. The second kappa shape index (κ2) is 12.4. The Kier molecular flexibility index (Phi) is 10.5. The molecule has 0 heterocycles. The number of halogens is 2. The Morgan fingerprint density at radius 2 is 1.26 bits per heavy atom. The van der Waals surface area contributed by atoms with Gasteiger partial charge in [-0.2, -0.15) is 0 Å². The van der Waals surface area contributed by atoms with Gasteiger partial charge in [0.1, 0.15) is 0 Å². The monoisotopic (exact) mass is 692 g/mol. The van der Waals surface area contributed by atoms with Crippen molar-refractivity contribution in [2.45, 2.75) is 118 Å². The van der Waals surface area contributed by atoms with E-state index >= 15 is 0 Å². The largest absolute Gasteiger partial charge is 2.00 e. The maximum Gasteiger partial charge on any atom is 2.00 e. The molecule has 0 amide bonds. The van der Waals surface area contributed by atoms with Crippen LogP contribution in [-0.4, -0.2) is 0 Å². The molecule has 43 heavy (non-hydrogen) atoms. The first-order chi connectivity index (χ1) is 18.6. The molecule has 0 bridgehead atoms. The van der Waals surface area contributed by atoms with Crippen molar-refractivity contribution in [2.24, 2.45) is 22.7 Å². The Morgan fingerprint density at radius 1 is 0.721 bits per heavy atom. The SMILES string of the molecule is CC(C)(C)C1=CC2=C(C1)C(C1CC=CCC1)CC2(C)C1c2cc(C(C)(C)C)ccc2-c2ccc(C(C)(C)C)cc21.[Cl-].[Cl-].[Zr+2]. The first-order valence-corrected chi connectivity index (χ1v) is 16.0. The van der Waals surface area contributed by atoms with Gasteiger partial charge in [0.2, 0.25) is 0 Å². The summed E-state index contributed by atoms with van der Waals surface area (Å²) in [4.78, 5) is 0. The summed E-state index contributed by atoms with van der Waals surface area (Å²) in [6.45, 7) is 24.1. The third-order valence-electron chi connectivity index (χ3n) is 11.0. The van der Waals surface area contributed by atoms with E-state index in [0.717, 1.165) is 5.92 Å². The third-order valence-corrected chi connectivity index (χ3v) is 11.0. The van der Waals surface area contributed by atoms with Gasteiger partial charge in [-0.1, -0.05) is 135 Å². The van der Waals surface area contributed by atoms with E-state index in [0.29, 0.717) is 11.8 Å². The average molecular weight is 695 g/mol. The Bertz CT molecular complexity index is 1390. The summed E-state index contributed by atoms with van der Waals surface area (Å²) in [5, 5.41) is 0. The Morgan fingerprint density at radius 3 is 1.70 bits per heavy atom. The summed E-state index contributed by atoms with van der Waals surface area (Å²) in [6.07, 6.45) is 13.9. The molecule has 0 fully saturated rings. The van der Waals surface area contributed by atoms with E-state index in [2.05, 4.69) is 124 Å². The minimum Gasteiger partial charge on any atom is -1.00 e. The fourth-order valence-electron chi connectivity index (χ4n) is 8.44. The van der Waals surface area contributed by atoms with E-state index in [1.54, 1.807) is 27.8 Å². The summed E-state index contributed by atoms with van der Waals surface area (Å²) in [5.41, 5.74) is 14.7. The molecule has 3 heteroatoms. The molecule has 2 aromatic carbocycles. The van der Waals surface area contributed by atoms with Crippen molar-refractivity contribution >= 4 is 0 Å². The molecule has 0 saturated carbocycles. The molecular formula is C40H52Cl2Zr. The topological polar surface area (TPSA) is 0 Å². The van der Waals surface area contributed by atoms with Gasteiger partial charge < -0.3 is 24.8 Å². The van der Waals surface area contributed by atoms with Crippen LogP contribution in [-0.2, 0) is 37.0 Å². The second-order valence-corrected chi connectivity index (χ2v) is 16.8. The van der Waals surface area contributed by atoms with E-state index in [1.807, 2.05) is 0 Å². The van der Waals surface area contributed by atoms with E-state index in [-0.39, 0.29) is 72.7 Å². The van der Waals surface area contributed by atoms with Crippen molar-refractivity contribution in [3.8, 4) is 11.1 Å². The first-order valence-electron chi connectivity index (χ1n) is 16.0. The molecular weight excluding hydrogens is 643 g/mol. The number of hydrogen-bond acceptors (Lipinski definition) is 0. The predicted octanol–water partition coefficient (Wildman–Crippen LogP) is 5.45. The number of benzene rings is 2. The smallest absolute Gasteiger partial charge is 1.00 e. The summed E-state index contributed by atoms with van der Waals surface area (Å²) < 4.78 is 0. The normalized spacial score (nSPS) is 24.8. The molecule has 230 valence electrons. The molecule has 4 aliphatic rings. The van der Waals surface area contributed by atoms with Crippen LogP contribution < -0.4 is 24.8 Å². The van der Waals surface area contributed by atoms with Gasteiger partial charge in [0, 0.05) is 11.3 Å². The average Bonchev–Trinajstić information content (AvgIpc) is 3.53. The molecule has 3 unspecified atom stereocenters. The van der Waals surface area contributed by atoms with Crippen LogP contribution in [0.1, 0.15) is 130 Å². The summed E-state index contributed by atoms with van der Waals surface area (Å²) in [5.74, 6) is 1.88. The van der Waals surface area contributed by atoms with Gasteiger partial charge >= 0.3 is 26.2 Å². The fourth-order valence-corrected chi connectivity index (χ4v) is 8.44. The Labute approximate surface area is 294 Å². The van der Waals surface area contributed by atoms with Crippen LogP contribution in [0.2, 0.25) is 0 Å². The molecule has 3 atom stereocenters. The maximum absolute atomic E-state index is 2.69. The zero-order valence-electron chi connectivity index (χ0n) is 28.2. The molecule has 2 aromatic rings. The van der Waals surface area contributed by atoms with E-state index in [9.17, 15) is 0 Å². The van der Waals surface area contributed by atoms with Crippen molar-refractivity contribution < 1.29 is 51.0 Å². The maximum atomic E-state index is 2.69. The summed E-state index contributed by atoms with van der Waals surface area (Å²) in [6, 6.07) is 14.9. The van der Waals surface area contributed by atoms with Gasteiger partial charge in [0.25, 0.3) is 0 Å². The summed E-state index contributed by atoms with van der Waals surface area (Å²) >= 11 is 0. The molecule has 0 nitrogen and oxygen atoms in total. The van der Waals surface area contributed by atoms with Crippen LogP contribution >= 0.6 is 0 Å². The standard InChI is InChI=1S/C40H52.2ClH.Zr/c1-37(2,3)26-16-18-29-30-19-17-27(38(4,5)6)21-33(30)36(32(29)20-26)40(10)24-34(25-14-12-11-13-15-25)31-22-28(23-35(31)40)39(7,8)9;;;/h11-12,16-21,23,25,34,36H,13-15,22,24H2,1-10H3;2*1H;/q;;;+2/p-2. The number of allylic oxidation sites excluding steroid dienone is 6. The van der Waals surface area contributed by atoms with Crippen molar-refractivity contribution in [2.75, 3.05) is 0 Å². The molecule has 0 radical (unpaired) electrons. The van der Waals surface area contributed by atoms with Crippen LogP contribution in [0.4, 0.5) is 0 Å². The molecule has 4 aliphatic carbocycles. The number of hydrogen-bond donors (Lipinski definition) is 0. The fraction of sp³-hybridized carbons (Fsp3) is 0.550. The van der Waals surface area contributed by atoms with Gasteiger partial charge in [-0.25, -0.2) is 0 Å². The molecule has 0 spiro atoms. The van der Waals surface area contributed by atoms with E-state index < -0.39 is 0 Å². The van der Waals surface area contributed by atoms with Gasteiger partial charge in [-0.05, 0) is 99.1 Å². The summed E-state index contributed by atoms with van der Waals surface area (Å²) in [7, 11) is 0. The quantitative estimate of drug-likeness (QED) is 0.367. The van der Waals surface area contributed by atoms with Gasteiger partial charge in [0.15, 0.2) is 0 Å². The van der Waals surface area contributed by atoms with Crippen LogP contribution in [0.5, 0.6) is 0 Å². The van der Waals surface area contributed by atoms with E-state index in [4.69, 9.17) is 0 Å². The van der Waals surface area contributed by atoms with Crippen molar-refractivity contribution in [1.29, 1.82) is 0 Å². The van der Waals surface area contributed by atoms with Crippen LogP contribution in [0.3, 0.4) is 0 Å². The van der Waals surface area contributed by atoms with Crippen LogP contribution in [0.25, 0.3) is 11.1 Å². The molecule has 0 aliphatic heterocycles. The predicted molar refractivity (Wildman–Crippen MR) is 173 cm³/mol. The zero-order valence-corrected chi connectivity index (χ0v) is 32.2. The minimum absolute atomic E-state index is 0. The van der Waals surface area contributed by atoms with Crippen LogP contribution in [0.15, 0.2) is 71.3 Å². The van der Waals surface area contributed by atoms with Gasteiger partial charge in [-0.3, -0.25) is 0 Å². The van der Waals surface area contributed by atoms with E-state index in [1.165, 1.54) is 54.4 Å². The van der Waals surface area contributed by atoms with Crippen molar-refractivity contribution in [3.05, 3.63) is 93.6 Å². The minimum atomic E-state index is 0. The molecule has 0 saturated heterocycles. The number of fused-ring (bicyclic) bond motifs is 3. The second-order valence-electron chi connectivity index (χ2n) is 16.8. The molecule has 6 rings (SSSR count). The molecule has 0 N–H and O–H groups in total. The first kappa shape index (κ1) is 36.6.